The molecular weight excluding hydrogens is 395 g/mol. The Hall–Kier alpha value is -1.80. The van der Waals surface area contributed by atoms with Gasteiger partial charge in [0.15, 0.2) is 0 Å². The standard InChI is InChI=1S/C19H24F3N3O2.ClH/c1-13-12-23-8-11-25(13)18(27)15-6-9-24(10-7-15)17(26)14-2-4-16(5-3-14)19(20,21)22;/h2-5,13,15,23H,6-12H2,1H3;1H/t13-;/m1./s1. The van der Waals surface area contributed by atoms with Gasteiger partial charge in [0.1, 0.15) is 0 Å². The molecule has 0 saturated carbocycles. The second kappa shape index (κ2) is 9.13. The normalized spacial score (nSPS) is 21.2. The average molecular weight is 420 g/mol. The fraction of sp³-hybridized carbons (Fsp3) is 0.579. The van der Waals surface area contributed by atoms with Gasteiger partial charge in [-0.3, -0.25) is 9.59 Å². The number of hydrogen-bond acceptors (Lipinski definition) is 3. The smallest absolute Gasteiger partial charge is 0.339 e. The number of halogens is 4. The minimum Gasteiger partial charge on any atom is -0.339 e. The zero-order chi connectivity index (χ0) is 19.6. The SMILES string of the molecule is C[C@@H]1CNCCN1C(=O)C1CCN(C(=O)c2ccc(C(F)(F)F)cc2)CC1.Cl. The fourth-order valence-corrected chi connectivity index (χ4v) is 3.72. The molecule has 28 heavy (non-hydrogen) atoms. The van der Waals surface area contributed by atoms with E-state index in [-0.39, 0.29) is 41.7 Å². The Bertz CT molecular complexity index is 689. The molecule has 5 nitrogen and oxygen atoms in total. The van der Waals surface area contributed by atoms with Gasteiger partial charge in [-0.2, -0.15) is 13.2 Å². The van der Waals surface area contributed by atoms with Crippen molar-refractivity contribution in [2.24, 2.45) is 5.92 Å². The summed E-state index contributed by atoms with van der Waals surface area (Å²) >= 11 is 0. The predicted molar refractivity (Wildman–Crippen MR) is 101 cm³/mol. The second-order valence-corrected chi connectivity index (χ2v) is 7.23. The van der Waals surface area contributed by atoms with E-state index in [1.54, 1.807) is 4.90 Å². The first-order valence-electron chi connectivity index (χ1n) is 9.25. The number of likely N-dealkylation sites (tertiary alicyclic amines) is 1. The Kier molecular flexibility index (Phi) is 7.33. The summed E-state index contributed by atoms with van der Waals surface area (Å²) in [4.78, 5) is 28.8. The van der Waals surface area contributed by atoms with Gasteiger partial charge in [0, 0.05) is 50.2 Å². The fourth-order valence-electron chi connectivity index (χ4n) is 3.72. The number of carbonyl (C=O) groups excluding carboxylic acids is 2. The number of alkyl halides is 3. The van der Waals surface area contributed by atoms with Gasteiger partial charge in [0.2, 0.25) is 5.91 Å². The molecule has 1 N–H and O–H groups in total. The van der Waals surface area contributed by atoms with E-state index < -0.39 is 11.7 Å². The number of piperazine rings is 1. The van der Waals surface area contributed by atoms with Crippen LogP contribution in [0.15, 0.2) is 24.3 Å². The van der Waals surface area contributed by atoms with Crippen LogP contribution in [0.25, 0.3) is 0 Å². The summed E-state index contributed by atoms with van der Waals surface area (Å²) in [5, 5.41) is 3.26. The van der Waals surface area contributed by atoms with Crippen LogP contribution < -0.4 is 5.32 Å². The van der Waals surface area contributed by atoms with Crippen LogP contribution in [-0.2, 0) is 11.0 Å². The second-order valence-electron chi connectivity index (χ2n) is 7.23. The minimum atomic E-state index is -4.42. The number of benzene rings is 1. The maximum Gasteiger partial charge on any atom is 0.416 e. The van der Waals surface area contributed by atoms with E-state index in [4.69, 9.17) is 0 Å². The Morgan fingerprint density at radius 3 is 2.21 bits per heavy atom. The van der Waals surface area contributed by atoms with Crippen LogP contribution in [0.2, 0.25) is 0 Å². The third-order valence-electron chi connectivity index (χ3n) is 5.37. The van der Waals surface area contributed by atoms with Gasteiger partial charge in [-0.25, -0.2) is 0 Å². The predicted octanol–water partition coefficient (Wildman–Crippen LogP) is 2.80. The molecule has 0 radical (unpaired) electrons. The van der Waals surface area contributed by atoms with E-state index in [0.29, 0.717) is 32.5 Å². The molecule has 0 aliphatic carbocycles. The first-order chi connectivity index (χ1) is 12.8. The van der Waals surface area contributed by atoms with Gasteiger partial charge in [0.05, 0.1) is 5.56 Å². The zero-order valence-corrected chi connectivity index (χ0v) is 16.5. The van der Waals surface area contributed by atoms with Gasteiger partial charge < -0.3 is 15.1 Å². The molecule has 1 atom stereocenters. The van der Waals surface area contributed by atoms with Gasteiger partial charge in [-0.05, 0) is 44.0 Å². The first kappa shape index (κ1) is 22.5. The highest BCUT2D eigenvalue weighted by atomic mass is 35.5. The summed E-state index contributed by atoms with van der Waals surface area (Å²) in [6.07, 6.45) is -3.24. The molecule has 2 fully saturated rings. The quantitative estimate of drug-likeness (QED) is 0.802. The molecule has 2 aliphatic heterocycles. The summed E-state index contributed by atoms with van der Waals surface area (Å²) < 4.78 is 37.9. The van der Waals surface area contributed by atoms with Crippen molar-refractivity contribution >= 4 is 24.2 Å². The van der Waals surface area contributed by atoms with E-state index >= 15 is 0 Å². The first-order valence-corrected chi connectivity index (χ1v) is 9.25. The summed E-state index contributed by atoms with van der Waals surface area (Å²) in [7, 11) is 0. The Morgan fingerprint density at radius 1 is 1.07 bits per heavy atom. The summed E-state index contributed by atoms with van der Waals surface area (Å²) in [5.41, 5.74) is -0.531. The number of piperidine rings is 1. The lowest BCUT2D eigenvalue weighted by atomic mass is 9.94. The molecule has 156 valence electrons. The Balaban J connectivity index is 0.00000280. The number of nitrogens with zero attached hydrogens (tertiary/aromatic N) is 2. The van der Waals surface area contributed by atoms with Crippen LogP contribution in [-0.4, -0.2) is 60.4 Å². The van der Waals surface area contributed by atoms with E-state index in [9.17, 15) is 22.8 Å². The Morgan fingerprint density at radius 2 is 1.68 bits per heavy atom. The van der Waals surface area contributed by atoms with Crippen molar-refractivity contribution in [2.75, 3.05) is 32.7 Å². The average Bonchev–Trinajstić information content (AvgIpc) is 2.67. The molecule has 0 bridgehead atoms. The molecule has 3 rings (SSSR count). The van der Waals surface area contributed by atoms with Gasteiger partial charge in [0.25, 0.3) is 5.91 Å². The van der Waals surface area contributed by atoms with Crippen LogP contribution in [0, 0.1) is 5.92 Å². The lowest BCUT2D eigenvalue weighted by Crippen LogP contribution is -2.55. The van der Waals surface area contributed by atoms with Gasteiger partial charge in [-0.1, -0.05) is 0 Å². The Labute approximate surface area is 168 Å². The molecule has 9 heteroatoms. The topological polar surface area (TPSA) is 52.7 Å². The molecular formula is C19H25ClF3N3O2. The molecule has 0 unspecified atom stereocenters. The highest BCUT2D eigenvalue weighted by Crippen LogP contribution is 2.29. The van der Waals surface area contributed by atoms with Crippen molar-refractivity contribution in [3.05, 3.63) is 35.4 Å². The van der Waals surface area contributed by atoms with Crippen molar-refractivity contribution in [2.45, 2.75) is 32.0 Å². The summed E-state index contributed by atoms with van der Waals surface area (Å²) in [5.74, 6) is -0.238. The van der Waals surface area contributed by atoms with Crippen LogP contribution in [0.3, 0.4) is 0 Å². The molecule has 2 saturated heterocycles. The molecule has 1 aromatic carbocycles. The minimum absolute atomic E-state index is 0. The van der Waals surface area contributed by atoms with Crippen LogP contribution >= 0.6 is 12.4 Å². The van der Waals surface area contributed by atoms with Gasteiger partial charge >= 0.3 is 6.18 Å². The molecule has 0 spiro atoms. The number of hydrogen-bond donors (Lipinski definition) is 1. The highest BCUT2D eigenvalue weighted by Gasteiger charge is 2.34. The third-order valence-corrected chi connectivity index (χ3v) is 5.37. The van der Waals surface area contributed by atoms with Crippen molar-refractivity contribution in [3.63, 3.8) is 0 Å². The monoisotopic (exact) mass is 419 g/mol. The molecule has 2 amide bonds. The van der Waals surface area contributed by atoms with E-state index in [0.717, 1.165) is 25.2 Å². The van der Waals surface area contributed by atoms with Crippen molar-refractivity contribution in [1.82, 2.24) is 15.1 Å². The largest absolute Gasteiger partial charge is 0.416 e. The summed E-state index contributed by atoms with van der Waals surface area (Å²) in [6.45, 7) is 5.18. The van der Waals surface area contributed by atoms with Crippen LogP contribution in [0.4, 0.5) is 13.2 Å². The number of rotatable bonds is 2. The summed E-state index contributed by atoms with van der Waals surface area (Å²) in [6, 6.07) is 4.44. The van der Waals surface area contributed by atoms with E-state index in [1.807, 2.05) is 11.8 Å². The number of amides is 2. The molecule has 2 aliphatic rings. The van der Waals surface area contributed by atoms with Gasteiger partial charge in [-0.15, -0.1) is 12.4 Å². The van der Waals surface area contributed by atoms with Crippen molar-refractivity contribution in [1.29, 1.82) is 0 Å². The lowest BCUT2D eigenvalue weighted by Gasteiger charge is -2.39. The van der Waals surface area contributed by atoms with Crippen molar-refractivity contribution in [3.8, 4) is 0 Å². The molecule has 2 heterocycles. The maximum absolute atomic E-state index is 12.7. The zero-order valence-electron chi connectivity index (χ0n) is 15.7. The third kappa shape index (κ3) is 4.97. The molecule has 0 aromatic heterocycles. The number of carbonyl (C=O) groups is 2. The van der Waals surface area contributed by atoms with E-state index in [1.165, 1.54) is 12.1 Å². The van der Waals surface area contributed by atoms with E-state index in [2.05, 4.69) is 5.32 Å². The van der Waals surface area contributed by atoms with Crippen LogP contribution in [0.5, 0.6) is 0 Å². The molecule has 1 aromatic rings. The van der Waals surface area contributed by atoms with Crippen LogP contribution in [0.1, 0.15) is 35.7 Å². The van der Waals surface area contributed by atoms with Crippen molar-refractivity contribution < 1.29 is 22.8 Å². The maximum atomic E-state index is 12.7. The number of nitrogens with one attached hydrogen (secondary N) is 1. The lowest BCUT2D eigenvalue weighted by molar-refractivity contribution is -0.140. The highest BCUT2D eigenvalue weighted by molar-refractivity contribution is 5.94.